The summed E-state index contributed by atoms with van der Waals surface area (Å²) in [6.45, 7) is 3.54. The number of carboxylic acids is 1. The van der Waals surface area contributed by atoms with Crippen molar-refractivity contribution in [3.8, 4) is 0 Å². The van der Waals surface area contributed by atoms with Gasteiger partial charge < -0.3 is 14.4 Å². The predicted molar refractivity (Wildman–Crippen MR) is 73.5 cm³/mol. The van der Waals surface area contributed by atoms with Gasteiger partial charge in [0.2, 0.25) is 5.09 Å². The smallest absolute Gasteiger partial charge is 0.305 e. The molecule has 1 amide bonds. The van der Waals surface area contributed by atoms with Crippen LogP contribution in [0.5, 0.6) is 0 Å². The van der Waals surface area contributed by atoms with E-state index >= 15 is 0 Å². The number of hydrogen-bond donors (Lipinski definition) is 2. The van der Waals surface area contributed by atoms with Gasteiger partial charge in [-0.1, -0.05) is 0 Å². The summed E-state index contributed by atoms with van der Waals surface area (Å²) < 4.78 is 30.5. The van der Waals surface area contributed by atoms with Crippen molar-refractivity contribution in [1.82, 2.24) is 9.62 Å². The molecule has 0 unspecified atom stereocenters. The highest BCUT2D eigenvalue weighted by Crippen LogP contribution is 2.20. The van der Waals surface area contributed by atoms with Gasteiger partial charge in [-0.2, -0.15) is 0 Å². The Balaban J connectivity index is 3.04. The Morgan fingerprint density at radius 2 is 2.05 bits per heavy atom. The second-order valence-electron chi connectivity index (χ2n) is 4.27. The molecule has 0 aliphatic rings. The van der Waals surface area contributed by atoms with Gasteiger partial charge >= 0.3 is 5.97 Å². The van der Waals surface area contributed by atoms with Crippen LogP contribution in [0.25, 0.3) is 0 Å². The van der Waals surface area contributed by atoms with Crippen molar-refractivity contribution in [2.24, 2.45) is 0 Å². The molecule has 2 N–H and O–H groups in total. The lowest BCUT2D eigenvalue weighted by Crippen LogP contribution is -2.33. The maximum absolute atomic E-state index is 12.3. The summed E-state index contributed by atoms with van der Waals surface area (Å²) in [5.41, 5.74) is 0.107. The zero-order chi connectivity index (χ0) is 16.2. The lowest BCUT2D eigenvalue weighted by atomic mass is 10.2. The Labute approximate surface area is 122 Å². The highest BCUT2D eigenvalue weighted by atomic mass is 32.2. The van der Waals surface area contributed by atoms with Gasteiger partial charge in [0.05, 0.1) is 12.0 Å². The molecule has 8 nitrogen and oxygen atoms in total. The Morgan fingerprint density at radius 1 is 1.43 bits per heavy atom. The maximum Gasteiger partial charge on any atom is 0.305 e. The minimum absolute atomic E-state index is 0.0450. The Bertz CT molecular complexity index is 634. The molecule has 0 aliphatic heterocycles. The first-order valence-electron chi connectivity index (χ1n) is 6.28. The van der Waals surface area contributed by atoms with Gasteiger partial charge in [0.25, 0.3) is 15.9 Å². The summed E-state index contributed by atoms with van der Waals surface area (Å²) in [6, 6.07) is 1.15. The molecule has 0 spiro atoms. The summed E-state index contributed by atoms with van der Waals surface area (Å²) in [4.78, 5) is 24.2. The van der Waals surface area contributed by atoms with Crippen LogP contribution >= 0.6 is 0 Å². The molecule has 0 aliphatic carbocycles. The lowest BCUT2D eigenvalue weighted by molar-refractivity contribution is -0.137. The second kappa shape index (κ2) is 6.72. The van der Waals surface area contributed by atoms with Crippen molar-refractivity contribution >= 4 is 21.9 Å². The zero-order valence-electron chi connectivity index (χ0n) is 12.0. The summed E-state index contributed by atoms with van der Waals surface area (Å²) in [7, 11) is -2.54. The van der Waals surface area contributed by atoms with E-state index in [1.807, 2.05) is 0 Å². The van der Waals surface area contributed by atoms with E-state index in [9.17, 15) is 18.0 Å². The molecule has 0 fully saturated rings. The van der Waals surface area contributed by atoms with Crippen LogP contribution in [0.4, 0.5) is 0 Å². The molecular formula is C12H18N2O6S. The molecule has 0 bridgehead atoms. The highest BCUT2D eigenvalue weighted by Gasteiger charge is 2.25. The van der Waals surface area contributed by atoms with Gasteiger partial charge in [-0.3, -0.25) is 9.59 Å². The van der Waals surface area contributed by atoms with E-state index in [-0.39, 0.29) is 29.4 Å². The number of carbonyl (C=O) groups excluding carboxylic acids is 1. The summed E-state index contributed by atoms with van der Waals surface area (Å²) in [6.07, 6.45) is -0.182. The van der Waals surface area contributed by atoms with Crippen LogP contribution < -0.4 is 4.72 Å². The molecule has 1 aromatic rings. The molecule has 0 atom stereocenters. The lowest BCUT2D eigenvalue weighted by Gasteiger charge is -2.19. The molecule has 1 heterocycles. The Kier molecular flexibility index (Phi) is 5.50. The number of aliphatic carboxylic acids is 1. The number of carboxylic acid groups (broad SMARTS) is 1. The van der Waals surface area contributed by atoms with Crippen molar-refractivity contribution in [3.05, 3.63) is 17.4 Å². The van der Waals surface area contributed by atoms with Gasteiger partial charge in [-0.05, 0) is 20.9 Å². The topological polar surface area (TPSA) is 117 Å². The number of sulfonamides is 1. The number of rotatable bonds is 7. The number of hydrogen-bond acceptors (Lipinski definition) is 5. The van der Waals surface area contributed by atoms with Crippen molar-refractivity contribution < 1.29 is 27.5 Å². The summed E-state index contributed by atoms with van der Waals surface area (Å²) in [5, 5.41) is 8.32. The van der Waals surface area contributed by atoms with Crippen LogP contribution in [0, 0.1) is 6.92 Å². The third kappa shape index (κ3) is 4.05. The van der Waals surface area contributed by atoms with E-state index in [2.05, 4.69) is 4.72 Å². The fourth-order valence-corrected chi connectivity index (χ4v) is 2.41. The Hall–Kier alpha value is -1.87. The number of aryl methyl sites for hydroxylation is 1. The van der Waals surface area contributed by atoms with E-state index < -0.39 is 21.9 Å². The van der Waals surface area contributed by atoms with Gasteiger partial charge in [-0.25, -0.2) is 13.1 Å². The average molecular weight is 318 g/mol. The molecule has 21 heavy (non-hydrogen) atoms. The van der Waals surface area contributed by atoms with Crippen LogP contribution in [0.2, 0.25) is 0 Å². The van der Waals surface area contributed by atoms with Crippen molar-refractivity contribution in [3.63, 3.8) is 0 Å². The molecule has 1 rings (SSSR count). The predicted octanol–water partition coefficient (Wildman–Crippen LogP) is 0.433. The first kappa shape index (κ1) is 17.2. The number of carbonyl (C=O) groups is 2. The molecule has 0 radical (unpaired) electrons. The number of nitrogens with zero attached hydrogens (tertiary/aromatic N) is 1. The number of amides is 1. The van der Waals surface area contributed by atoms with E-state index in [1.165, 1.54) is 18.9 Å². The molecule has 1 aromatic heterocycles. The van der Waals surface area contributed by atoms with Crippen LogP contribution in [-0.2, 0) is 14.8 Å². The van der Waals surface area contributed by atoms with Crippen LogP contribution in [0.3, 0.4) is 0 Å². The van der Waals surface area contributed by atoms with E-state index in [0.717, 1.165) is 6.07 Å². The van der Waals surface area contributed by atoms with Crippen molar-refractivity contribution in [2.75, 3.05) is 20.1 Å². The largest absolute Gasteiger partial charge is 0.481 e. The maximum atomic E-state index is 12.3. The van der Waals surface area contributed by atoms with Gasteiger partial charge in [0.1, 0.15) is 5.76 Å². The monoisotopic (exact) mass is 318 g/mol. The van der Waals surface area contributed by atoms with E-state index in [0.29, 0.717) is 6.54 Å². The number of nitrogens with one attached hydrogen (secondary N) is 1. The normalized spacial score (nSPS) is 11.4. The third-order valence-electron chi connectivity index (χ3n) is 2.92. The minimum Gasteiger partial charge on any atom is -0.481 e. The van der Waals surface area contributed by atoms with Gasteiger partial charge in [0, 0.05) is 19.2 Å². The standard InChI is InChI=1S/C12H18N2O6S/c1-4-14(6-5-10(15)16)12(17)9-7-11(20-8(9)2)21(18,19)13-3/h7,13H,4-6H2,1-3H3,(H,15,16). The fraction of sp³-hybridized carbons (Fsp3) is 0.500. The quantitative estimate of drug-likeness (QED) is 0.753. The molecule has 0 saturated heterocycles. The third-order valence-corrected chi connectivity index (χ3v) is 4.19. The van der Waals surface area contributed by atoms with Crippen LogP contribution in [-0.4, -0.2) is 50.4 Å². The molecular weight excluding hydrogens is 300 g/mol. The zero-order valence-corrected chi connectivity index (χ0v) is 12.9. The molecule has 0 saturated carbocycles. The second-order valence-corrected chi connectivity index (χ2v) is 6.09. The van der Waals surface area contributed by atoms with Crippen LogP contribution in [0.15, 0.2) is 15.6 Å². The van der Waals surface area contributed by atoms with Gasteiger partial charge in [0.15, 0.2) is 0 Å². The SMILES string of the molecule is CCN(CCC(=O)O)C(=O)c1cc(S(=O)(=O)NC)oc1C. The van der Waals surface area contributed by atoms with Crippen molar-refractivity contribution in [2.45, 2.75) is 25.4 Å². The molecule has 9 heteroatoms. The Morgan fingerprint density at radius 3 is 2.52 bits per heavy atom. The first-order valence-corrected chi connectivity index (χ1v) is 7.76. The van der Waals surface area contributed by atoms with Gasteiger partial charge in [-0.15, -0.1) is 0 Å². The van der Waals surface area contributed by atoms with E-state index in [1.54, 1.807) is 6.92 Å². The fourth-order valence-electron chi connectivity index (χ4n) is 1.70. The molecule has 0 aromatic carbocycles. The average Bonchev–Trinajstić information content (AvgIpc) is 2.81. The minimum atomic E-state index is -3.77. The highest BCUT2D eigenvalue weighted by molar-refractivity contribution is 7.89. The summed E-state index contributed by atoms with van der Waals surface area (Å²) >= 11 is 0. The summed E-state index contributed by atoms with van der Waals surface area (Å²) in [5.74, 6) is -1.30. The van der Waals surface area contributed by atoms with E-state index in [4.69, 9.17) is 9.52 Å². The molecule has 118 valence electrons. The number of furan rings is 1. The first-order chi connectivity index (χ1) is 9.72. The van der Waals surface area contributed by atoms with Crippen molar-refractivity contribution in [1.29, 1.82) is 0 Å². The van der Waals surface area contributed by atoms with Crippen LogP contribution in [0.1, 0.15) is 29.5 Å².